The molecule has 0 heterocycles. The summed E-state index contributed by atoms with van der Waals surface area (Å²) in [5.74, 6) is -6.67. The molecule has 5 atom stereocenters. The van der Waals surface area contributed by atoms with Gasteiger partial charge in [-0.3, -0.25) is 34.2 Å². The molecule has 52 heavy (non-hydrogen) atoms. The zero-order valence-corrected chi connectivity index (χ0v) is 28.7. The zero-order valence-electron chi connectivity index (χ0n) is 28.7. The van der Waals surface area contributed by atoms with Gasteiger partial charge in [0.1, 0.15) is 29.9 Å². The number of nitrogens with one attached hydrogen (secondary N) is 7. The number of aliphatic hydroxyl groups is 1. The first kappa shape index (κ1) is 44.5. The number of hydrogen-bond acceptors (Lipinski definition) is 12. The molecule has 0 fully saturated rings. The van der Waals surface area contributed by atoms with Gasteiger partial charge in [-0.1, -0.05) is 12.1 Å². The Bertz CT molecular complexity index is 1380. The van der Waals surface area contributed by atoms with Crippen LogP contribution in [-0.4, -0.2) is 119 Å². The van der Waals surface area contributed by atoms with Gasteiger partial charge < -0.3 is 70.2 Å². The summed E-state index contributed by atoms with van der Waals surface area (Å²) in [6.07, 6.45) is 0.688. The maximum absolute atomic E-state index is 13.2. The highest BCUT2D eigenvalue weighted by atomic mass is 16.4. The summed E-state index contributed by atoms with van der Waals surface area (Å²) in [5.41, 5.74) is 22.1. The number of benzene rings is 1. The minimum absolute atomic E-state index is 0.0183. The van der Waals surface area contributed by atoms with Gasteiger partial charge in [-0.05, 0) is 62.8 Å². The molecule has 0 unspecified atom stereocenters. The Hall–Kier alpha value is -5.54. The molecule has 6 amide bonds. The van der Waals surface area contributed by atoms with Crippen molar-refractivity contribution in [1.29, 1.82) is 5.41 Å². The largest absolute Gasteiger partial charge is 0.508 e. The maximum Gasteiger partial charge on any atom is 0.326 e. The van der Waals surface area contributed by atoms with Gasteiger partial charge in [0, 0.05) is 19.4 Å². The Morgan fingerprint density at radius 1 is 0.731 bits per heavy atom. The number of nitrogens with two attached hydrogens (primary N) is 4. The third-order valence-corrected chi connectivity index (χ3v) is 7.48. The van der Waals surface area contributed by atoms with E-state index < -0.39 is 84.8 Å². The van der Waals surface area contributed by atoms with E-state index in [0.717, 1.165) is 0 Å². The predicted octanol–water partition coefficient (Wildman–Crippen LogP) is -4.95. The van der Waals surface area contributed by atoms with Gasteiger partial charge in [-0.25, -0.2) is 4.79 Å². The summed E-state index contributed by atoms with van der Waals surface area (Å²) in [6.45, 7) is -1.09. The first-order valence-electron chi connectivity index (χ1n) is 16.5. The third-order valence-electron chi connectivity index (χ3n) is 7.48. The number of hydrogen-bond donors (Lipinski definition) is 14. The molecule has 0 aliphatic heterocycles. The quantitative estimate of drug-likeness (QED) is 0.0254. The molecule has 21 nitrogen and oxygen atoms in total. The molecular formula is C31H51N11O10. The van der Waals surface area contributed by atoms with Gasteiger partial charge in [-0.2, -0.15) is 0 Å². The van der Waals surface area contributed by atoms with Crippen LogP contribution in [0.5, 0.6) is 5.75 Å². The Morgan fingerprint density at radius 3 is 1.88 bits per heavy atom. The van der Waals surface area contributed by atoms with Crippen LogP contribution in [0, 0.1) is 5.41 Å². The molecule has 0 radical (unpaired) electrons. The lowest BCUT2D eigenvalue weighted by Gasteiger charge is -2.24. The van der Waals surface area contributed by atoms with Gasteiger partial charge in [0.15, 0.2) is 5.96 Å². The lowest BCUT2D eigenvalue weighted by Crippen LogP contribution is -2.57. The van der Waals surface area contributed by atoms with Crippen molar-refractivity contribution >= 4 is 47.4 Å². The van der Waals surface area contributed by atoms with Crippen molar-refractivity contribution in [3.8, 4) is 5.75 Å². The van der Waals surface area contributed by atoms with Crippen LogP contribution in [0.1, 0.15) is 50.5 Å². The molecule has 0 saturated heterocycles. The Labute approximate surface area is 299 Å². The number of unbranched alkanes of at least 4 members (excludes halogenated alkanes) is 1. The number of carbonyl (C=O) groups excluding carboxylic acids is 6. The number of carbonyl (C=O) groups is 7. The normalized spacial score (nSPS) is 13.6. The summed E-state index contributed by atoms with van der Waals surface area (Å²) < 4.78 is 0. The number of phenolic OH excluding ortho intramolecular Hbond substituents is 1. The summed E-state index contributed by atoms with van der Waals surface area (Å²) in [5, 5.41) is 50.7. The second-order valence-corrected chi connectivity index (χ2v) is 11.8. The molecule has 0 aliphatic rings. The van der Waals surface area contributed by atoms with Crippen molar-refractivity contribution in [1.82, 2.24) is 31.9 Å². The van der Waals surface area contributed by atoms with Gasteiger partial charge in [0.2, 0.25) is 35.4 Å². The molecule has 18 N–H and O–H groups in total. The molecule has 0 bridgehead atoms. The van der Waals surface area contributed by atoms with E-state index >= 15 is 0 Å². The number of primary amides is 1. The Kier molecular flexibility index (Phi) is 20.3. The molecule has 1 aromatic carbocycles. The smallest absolute Gasteiger partial charge is 0.326 e. The number of rotatable bonds is 25. The molecule has 290 valence electrons. The fourth-order valence-corrected chi connectivity index (χ4v) is 4.61. The van der Waals surface area contributed by atoms with E-state index in [-0.39, 0.29) is 63.3 Å². The minimum Gasteiger partial charge on any atom is -0.508 e. The van der Waals surface area contributed by atoms with E-state index in [9.17, 15) is 48.9 Å². The number of phenols is 1. The number of aliphatic hydroxyl groups excluding tert-OH is 1. The van der Waals surface area contributed by atoms with E-state index in [4.69, 9.17) is 28.3 Å². The molecule has 0 aromatic heterocycles. The van der Waals surface area contributed by atoms with E-state index in [1.54, 1.807) is 0 Å². The average molecular weight is 738 g/mol. The molecule has 0 spiro atoms. The number of aliphatic carboxylic acids is 1. The van der Waals surface area contributed by atoms with Crippen LogP contribution < -0.4 is 54.8 Å². The SMILES string of the molecule is N=C(N)NCCC[C@H](NC(=O)CNC(=O)[C@H](CCCCN)NC(=O)[C@H](CO)NC(=O)[C@@H](N)CCC(N)=O)C(=O)N[C@@H](Cc1ccc(O)cc1)C(=O)O. The van der Waals surface area contributed by atoms with Crippen LogP contribution >= 0.6 is 0 Å². The Morgan fingerprint density at radius 2 is 1.31 bits per heavy atom. The van der Waals surface area contributed by atoms with Crippen LogP contribution in [0.3, 0.4) is 0 Å². The molecule has 0 saturated carbocycles. The highest BCUT2D eigenvalue weighted by Crippen LogP contribution is 2.12. The zero-order chi connectivity index (χ0) is 39.2. The van der Waals surface area contributed by atoms with E-state index in [0.29, 0.717) is 18.4 Å². The van der Waals surface area contributed by atoms with Crippen LogP contribution in [0.2, 0.25) is 0 Å². The van der Waals surface area contributed by atoms with Gasteiger partial charge in [0.05, 0.1) is 19.2 Å². The second kappa shape index (κ2) is 23.8. The highest BCUT2D eigenvalue weighted by Gasteiger charge is 2.29. The highest BCUT2D eigenvalue weighted by molar-refractivity contribution is 5.95. The van der Waals surface area contributed by atoms with Crippen LogP contribution in [0.25, 0.3) is 0 Å². The number of carboxylic acid groups (broad SMARTS) is 1. The summed E-state index contributed by atoms with van der Waals surface area (Å²) in [7, 11) is 0. The fraction of sp³-hybridized carbons (Fsp3) is 0.548. The second-order valence-electron chi connectivity index (χ2n) is 11.8. The van der Waals surface area contributed by atoms with Crippen LogP contribution in [-0.2, 0) is 40.0 Å². The van der Waals surface area contributed by atoms with Crippen molar-refractivity contribution < 1.29 is 48.9 Å². The van der Waals surface area contributed by atoms with E-state index in [1.807, 2.05) is 0 Å². The van der Waals surface area contributed by atoms with Gasteiger partial charge in [0.25, 0.3) is 0 Å². The molecule has 0 aliphatic carbocycles. The first-order chi connectivity index (χ1) is 24.6. The van der Waals surface area contributed by atoms with Crippen LogP contribution in [0.15, 0.2) is 24.3 Å². The average Bonchev–Trinajstić information content (AvgIpc) is 3.09. The third kappa shape index (κ3) is 17.9. The first-order valence-corrected chi connectivity index (χ1v) is 16.5. The number of amides is 6. The summed E-state index contributed by atoms with van der Waals surface area (Å²) in [4.78, 5) is 87.5. The van der Waals surface area contributed by atoms with Gasteiger partial charge in [-0.15, -0.1) is 0 Å². The number of aromatic hydroxyl groups is 1. The number of carboxylic acids is 1. The summed E-state index contributed by atoms with van der Waals surface area (Å²) >= 11 is 0. The fourth-order valence-electron chi connectivity index (χ4n) is 4.61. The minimum atomic E-state index is -1.51. The monoisotopic (exact) mass is 737 g/mol. The van der Waals surface area contributed by atoms with E-state index in [1.165, 1.54) is 24.3 Å². The van der Waals surface area contributed by atoms with Gasteiger partial charge >= 0.3 is 5.97 Å². The molecule has 21 heteroatoms. The van der Waals surface area contributed by atoms with Crippen molar-refractivity contribution in [3.05, 3.63) is 29.8 Å². The van der Waals surface area contributed by atoms with Crippen molar-refractivity contribution in [3.63, 3.8) is 0 Å². The van der Waals surface area contributed by atoms with Crippen molar-refractivity contribution in [2.24, 2.45) is 22.9 Å². The Balaban J connectivity index is 2.97. The molecule has 1 rings (SSSR count). The van der Waals surface area contributed by atoms with Crippen molar-refractivity contribution in [2.75, 3.05) is 26.2 Å². The lowest BCUT2D eigenvalue weighted by molar-refractivity contribution is -0.142. The standard InChI is InChI=1S/C31H51N11O10/c32-12-2-1-4-20(40-29(50)23(16-43)42-26(47)19(33)10-11-24(34)45)27(48)38-15-25(46)39-21(5-3-13-37-31(35)36)28(49)41-22(30(51)52)14-17-6-8-18(44)9-7-17/h6-9,19-23,43-44H,1-5,10-16,32-33H2,(H2,34,45)(H,38,48)(H,39,46)(H,40,50)(H,41,49)(H,42,47)(H,51,52)(H4,35,36,37)/t19-,20-,21-,22-,23-/m0/s1. The van der Waals surface area contributed by atoms with Crippen molar-refractivity contribution in [2.45, 2.75) is 81.6 Å². The summed E-state index contributed by atoms with van der Waals surface area (Å²) in [6, 6.07) is -0.937. The van der Waals surface area contributed by atoms with Crippen LogP contribution in [0.4, 0.5) is 0 Å². The predicted molar refractivity (Wildman–Crippen MR) is 186 cm³/mol. The number of guanidine groups is 1. The van der Waals surface area contributed by atoms with E-state index in [2.05, 4.69) is 31.9 Å². The lowest BCUT2D eigenvalue weighted by atomic mass is 10.0. The maximum atomic E-state index is 13.2. The molecular weight excluding hydrogens is 686 g/mol. The topological polar surface area (TPSA) is 380 Å². The molecule has 1 aromatic rings.